The summed E-state index contributed by atoms with van der Waals surface area (Å²) in [5, 5.41) is 21.0. The summed E-state index contributed by atoms with van der Waals surface area (Å²) < 4.78 is 0. The number of nitrogens with zero attached hydrogens (tertiary/aromatic N) is 1. The number of likely N-dealkylation sites (tertiary alicyclic amines) is 1. The number of aliphatic hydroxyl groups is 2. The summed E-state index contributed by atoms with van der Waals surface area (Å²) in [6.07, 6.45) is 2.75. The Morgan fingerprint density at radius 1 is 0.885 bits per heavy atom. The van der Waals surface area contributed by atoms with Crippen LogP contribution in [0.1, 0.15) is 41.5 Å². The van der Waals surface area contributed by atoms with Gasteiger partial charge >= 0.3 is 0 Å². The van der Waals surface area contributed by atoms with Crippen LogP contribution in [0.4, 0.5) is 0 Å². The number of aliphatic hydroxyl groups excluding tert-OH is 1. The summed E-state index contributed by atoms with van der Waals surface area (Å²) in [6, 6.07) is 16.7. The Labute approximate surface area is 157 Å². The Kier molecular flexibility index (Phi) is 6.13. The number of hydrogen-bond donors (Lipinski definition) is 2. The highest BCUT2D eigenvalue weighted by Crippen LogP contribution is 2.42. The number of hydrogen-bond acceptors (Lipinski definition) is 3. The Balaban J connectivity index is 1.89. The standard InChI is InChI=1S/C23H31NO2/c1-18-4-8-20(9-5-18)23(26,21-10-6-19(2)7-11-21)22-12-15-24(16-13-22)14-3-17-25/h4-11,22,25-26H,3,12-17H2,1-2H3. The molecule has 1 saturated heterocycles. The van der Waals surface area contributed by atoms with E-state index in [0.717, 1.165) is 50.0 Å². The highest BCUT2D eigenvalue weighted by atomic mass is 16.3. The Bertz CT molecular complexity index is 640. The van der Waals surface area contributed by atoms with E-state index in [0.29, 0.717) is 0 Å². The van der Waals surface area contributed by atoms with Gasteiger partial charge in [0.2, 0.25) is 0 Å². The first-order chi connectivity index (χ1) is 12.5. The van der Waals surface area contributed by atoms with Gasteiger partial charge in [-0.25, -0.2) is 0 Å². The lowest BCUT2D eigenvalue weighted by atomic mass is 9.72. The van der Waals surface area contributed by atoms with Crippen molar-refractivity contribution in [1.29, 1.82) is 0 Å². The molecular weight excluding hydrogens is 322 g/mol. The molecule has 2 N–H and O–H groups in total. The van der Waals surface area contributed by atoms with E-state index in [2.05, 4.69) is 67.3 Å². The van der Waals surface area contributed by atoms with E-state index in [-0.39, 0.29) is 12.5 Å². The molecule has 1 aliphatic heterocycles. The third kappa shape index (κ3) is 4.01. The van der Waals surface area contributed by atoms with E-state index >= 15 is 0 Å². The van der Waals surface area contributed by atoms with E-state index in [1.54, 1.807) is 0 Å². The molecule has 3 rings (SSSR count). The van der Waals surface area contributed by atoms with Crippen molar-refractivity contribution in [3.8, 4) is 0 Å². The molecular formula is C23H31NO2. The maximum Gasteiger partial charge on any atom is 0.117 e. The molecule has 26 heavy (non-hydrogen) atoms. The minimum atomic E-state index is -0.954. The van der Waals surface area contributed by atoms with Gasteiger partial charge in [-0.2, -0.15) is 0 Å². The minimum absolute atomic E-state index is 0.193. The zero-order chi connectivity index (χ0) is 18.6. The van der Waals surface area contributed by atoms with Gasteiger partial charge in [0.05, 0.1) is 0 Å². The molecule has 0 bridgehead atoms. The molecule has 0 saturated carbocycles. The molecule has 0 spiro atoms. The molecule has 1 heterocycles. The fraction of sp³-hybridized carbons (Fsp3) is 0.478. The summed E-state index contributed by atoms with van der Waals surface area (Å²) in [6.45, 7) is 7.30. The maximum absolute atomic E-state index is 12.0. The number of aryl methyl sites for hydroxylation is 2. The minimum Gasteiger partial charge on any atom is -0.396 e. The SMILES string of the molecule is Cc1ccc(C(O)(c2ccc(C)cc2)C2CCN(CCCO)CC2)cc1. The van der Waals surface area contributed by atoms with Crippen molar-refractivity contribution in [3.63, 3.8) is 0 Å². The maximum atomic E-state index is 12.0. The molecule has 3 heteroatoms. The molecule has 0 aliphatic carbocycles. The quantitative estimate of drug-likeness (QED) is 0.833. The van der Waals surface area contributed by atoms with Gasteiger partial charge in [-0.15, -0.1) is 0 Å². The van der Waals surface area contributed by atoms with Crippen LogP contribution in [0.3, 0.4) is 0 Å². The number of benzene rings is 2. The topological polar surface area (TPSA) is 43.7 Å². The van der Waals surface area contributed by atoms with Crippen LogP contribution in [-0.2, 0) is 5.60 Å². The summed E-state index contributed by atoms with van der Waals surface area (Å²) in [4.78, 5) is 2.40. The van der Waals surface area contributed by atoms with Crippen LogP contribution >= 0.6 is 0 Å². The Morgan fingerprint density at radius 2 is 1.35 bits per heavy atom. The zero-order valence-electron chi connectivity index (χ0n) is 16.0. The predicted molar refractivity (Wildman–Crippen MR) is 106 cm³/mol. The Hall–Kier alpha value is -1.68. The normalized spacial score (nSPS) is 16.8. The van der Waals surface area contributed by atoms with Gasteiger partial charge in [0.1, 0.15) is 5.60 Å². The molecule has 1 fully saturated rings. The molecule has 0 atom stereocenters. The van der Waals surface area contributed by atoms with E-state index < -0.39 is 5.60 Å². The van der Waals surface area contributed by atoms with Gasteiger partial charge in [-0.05, 0) is 63.2 Å². The highest BCUT2D eigenvalue weighted by molar-refractivity contribution is 5.39. The molecule has 140 valence electrons. The van der Waals surface area contributed by atoms with Crippen LogP contribution in [0.2, 0.25) is 0 Å². The summed E-state index contributed by atoms with van der Waals surface area (Å²) in [5.74, 6) is 0.193. The van der Waals surface area contributed by atoms with Crippen molar-refractivity contribution in [2.75, 3.05) is 26.2 Å². The van der Waals surface area contributed by atoms with Crippen LogP contribution < -0.4 is 0 Å². The average molecular weight is 354 g/mol. The molecule has 3 nitrogen and oxygen atoms in total. The van der Waals surface area contributed by atoms with E-state index in [1.807, 2.05) is 0 Å². The second-order valence-electron chi connectivity index (χ2n) is 7.69. The summed E-state index contributed by atoms with van der Waals surface area (Å²) in [5.41, 5.74) is 3.43. The largest absolute Gasteiger partial charge is 0.396 e. The van der Waals surface area contributed by atoms with Crippen LogP contribution in [0.25, 0.3) is 0 Å². The molecule has 0 unspecified atom stereocenters. The van der Waals surface area contributed by atoms with Crippen molar-refractivity contribution >= 4 is 0 Å². The van der Waals surface area contributed by atoms with E-state index in [1.165, 1.54) is 11.1 Å². The van der Waals surface area contributed by atoms with Gasteiger partial charge in [-0.1, -0.05) is 59.7 Å². The molecule has 0 aromatic heterocycles. The molecule has 1 aliphatic rings. The van der Waals surface area contributed by atoms with Gasteiger partial charge in [0.15, 0.2) is 0 Å². The van der Waals surface area contributed by atoms with Gasteiger partial charge in [-0.3, -0.25) is 0 Å². The van der Waals surface area contributed by atoms with Crippen LogP contribution in [0.15, 0.2) is 48.5 Å². The van der Waals surface area contributed by atoms with Crippen LogP contribution in [0.5, 0.6) is 0 Å². The van der Waals surface area contributed by atoms with Crippen molar-refractivity contribution < 1.29 is 10.2 Å². The first kappa shape index (κ1) is 19.1. The van der Waals surface area contributed by atoms with Crippen molar-refractivity contribution in [3.05, 3.63) is 70.8 Å². The predicted octanol–water partition coefficient (Wildman–Crippen LogP) is 3.63. The van der Waals surface area contributed by atoms with Gasteiger partial charge < -0.3 is 15.1 Å². The average Bonchev–Trinajstić information content (AvgIpc) is 2.67. The number of piperidine rings is 1. The fourth-order valence-electron chi connectivity index (χ4n) is 4.12. The van der Waals surface area contributed by atoms with E-state index in [9.17, 15) is 5.11 Å². The number of rotatable bonds is 6. The van der Waals surface area contributed by atoms with Gasteiger partial charge in [0.25, 0.3) is 0 Å². The molecule has 2 aromatic carbocycles. The highest BCUT2D eigenvalue weighted by Gasteiger charge is 2.41. The van der Waals surface area contributed by atoms with Crippen molar-refractivity contribution in [2.24, 2.45) is 5.92 Å². The van der Waals surface area contributed by atoms with E-state index in [4.69, 9.17) is 5.11 Å². The van der Waals surface area contributed by atoms with Crippen molar-refractivity contribution in [1.82, 2.24) is 4.90 Å². The third-order valence-corrected chi connectivity index (χ3v) is 5.79. The lowest BCUT2D eigenvalue weighted by Crippen LogP contribution is -2.44. The van der Waals surface area contributed by atoms with Gasteiger partial charge in [0, 0.05) is 13.2 Å². The smallest absolute Gasteiger partial charge is 0.117 e. The van der Waals surface area contributed by atoms with Crippen molar-refractivity contribution in [2.45, 2.75) is 38.7 Å². The molecule has 0 radical (unpaired) electrons. The molecule has 0 amide bonds. The first-order valence-corrected chi connectivity index (χ1v) is 9.74. The van der Waals surface area contributed by atoms with Crippen LogP contribution in [0, 0.1) is 19.8 Å². The third-order valence-electron chi connectivity index (χ3n) is 5.79. The first-order valence-electron chi connectivity index (χ1n) is 9.74. The molecule has 2 aromatic rings. The zero-order valence-corrected chi connectivity index (χ0v) is 16.0. The van der Waals surface area contributed by atoms with Crippen LogP contribution in [-0.4, -0.2) is 41.4 Å². The lowest BCUT2D eigenvalue weighted by Gasteiger charge is -2.42. The second-order valence-corrected chi connectivity index (χ2v) is 7.69. The second kappa shape index (κ2) is 8.34. The fourth-order valence-corrected chi connectivity index (χ4v) is 4.12. The monoisotopic (exact) mass is 353 g/mol. The summed E-state index contributed by atoms with van der Waals surface area (Å²) in [7, 11) is 0. The summed E-state index contributed by atoms with van der Waals surface area (Å²) >= 11 is 0. The Morgan fingerprint density at radius 3 is 1.77 bits per heavy atom. The lowest BCUT2D eigenvalue weighted by molar-refractivity contribution is -0.0147.